The van der Waals surface area contributed by atoms with E-state index in [2.05, 4.69) is 5.32 Å². The lowest BCUT2D eigenvalue weighted by atomic mass is 9.90. The smallest absolute Gasteiger partial charge is 0.261 e. The third-order valence-corrected chi connectivity index (χ3v) is 3.95. The molecule has 0 saturated heterocycles. The van der Waals surface area contributed by atoms with Gasteiger partial charge in [0.15, 0.2) is 0 Å². The largest absolute Gasteiger partial charge is 0.324 e. The van der Waals surface area contributed by atoms with Crippen LogP contribution in [0.1, 0.15) is 28.8 Å². The zero-order valence-electron chi connectivity index (χ0n) is 13.0. The molecule has 2 aromatic rings. The Labute approximate surface area is 138 Å². The van der Waals surface area contributed by atoms with Gasteiger partial charge in [0.2, 0.25) is 11.8 Å². The molecule has 1 aliphatic rings. The van der Waals surface area contributed by atoms with Crippen molar-refractivity contribution >= 4 is 23.4 Å². The zero-order valence-corrected chi connectivity index (χ0v) is 13.0. The van der Waals surface area contributed by atoms with Gasteiger partial charge >= 0.3 is 0 Å². The molecule has 0 radical (unpaired) electrons. The van der Waals surface area contributed by atoms with Crippen molar-refractivity contribution in [2.24, 2.45) is 0 Å². The second kappa shape index (κ2) is 6.23. The van der Waals surface area contributed by atoms with E-state index in [1.165, 1.54) is 18.2 Å². The molecule has 0 fully saturated rings. The van der Waals surface area contributed by atoms with Gasteiger partial charge < -0.3 is 5.32 Å². The molecule has 122 valence electrons. The Bertz CT molecular complexity index is 835. The summed E-state index contributed by atoms with van der Waals surface area (Å²) in [7, 11) is 0. The molecular formula is C18H15FN2O3. The minimum atomic E-state index is -0.561. The van der Waals surface area contributed by atoms with Crippen LogP contribution in [0.4, 0.5) is 10.1 Å². The van der Waals surface area contributed by atoms with Crippen molar-refractivity contribution in [1.82, 2.24) is 4.90 Å². The van der Waals surface area contributed by atoms with Gasteiger partial charge in [0, 0.05) is 11.3 Å². The molecule has 1 heterocycles. The summed E-state index contributed by atoms with van der Waals surface area (Å²) >= 11 is 0. The molecule has 0 saturated carbocycles. The van der Waals surface area contributed by atoms with Gasteiger partial charge in [-0.15, -0.1) is 0 Å². The summed E-state index contributed by atoms with van der Waals surface area (Å²) in [5.74, 6) is -2.47. The number of carbonyl (C=O) groups excluding carboxylic acids is 3. The fourth-order valence-corrected chi connectivity index (χ4v) is 2.74. The maximum Gasteiger partial charge on any atom is 0.261 e. The van der Waals surface area contributed by atoms with Crippen LogP contribution in [-0.2, 0) is 9.59 Å². The van der Waals surface area contributed by atoms with Crippen LogP contribution in [0.3, 0.4) is 0 Å². The Kier molecular flexibility index (Phi) is 4.12. The third kappa shape index (κ3) is 2.90. The second-order valence-corrected chi connectivity index (χ2v) is 5.60. The number of imide groups is 1. The molecule has 3 amide bonds. The molecule has 24 heavy (non-hydrogen) atoms. The first-order chi connectivity index (χ1) is 11.5. The average Bonchev–Trinajstić information content (AvgIpc) is 2.57. The summed E-state index contributed by atoms with van der Waals surface area (Å²) in [6, 6.07) is 12.3. The minimum Gasteiger partial charge on any atom is -0.324 e. The molecule has 2 aromatic carbocycles. The molecule has 0 spiro atoms. The zero-order chi connectivity index (χ0) is 17.3. The van der Waals surface area contributed by atoms with E-state index in [-0.39, 0.29) is 5.69 Å². The Balaban J connectivity index is 1.79. The number of nitrogens with one attached hydrogen (secondary N) is 1. The number of amides is 3. The van der Waals surface area contributed by atoms with E-state index < -0.39 is 36.0 Å². The van der Waals surface area contributed by atoms with Crippen LogP contribution in [-0.4, -0.2) is 29.2 Å². The fourth-order valence-electron chi connectivity index (χ4n) is 2.74. The number of benzene rings is 2. The van der Waals surface area contributed by atoms with E-state index in [4.69, 9.17) is 0 Å². The van der Waals surface area contributed by atoms with Crippen LogP contribution in [0.15, 0.2) is 48.5 Å². The first-order valence-electron chi connectivity index (χ1n) is 7.47. The number of anilines is 1. The van der Waals surface area contributed by atoms with Crippen molar-refractivity contribution in [3.05, 3.63) is 65.5 Å². The van der Waals surface area contributed by atoms with Crippen LogP contribution in [0.25, 0.3) is 0 Å². The number of hydrogen-bond donors (Lipinski definition) is 1. The van der Waals surface area contributed by atoms with E-state index in [1.54, 1.807) is 31.2 Å². The summed E-state index contributed by atoms with van der Waals surface area (Å²) < 4.78 is 13.1. The van der Waals surface area contributed by atoms with E-state index in [0.29, 0.717) is 11.1 Å². The van der Waals surface area contributed by atoms with Gasteiger partial charge in [-0.1, -0.05) is 24.3 Å². The standard InChI is InChI=1S/C18H15FN2O3/c1-11-14-7-2-3-8-15(14)18(24)21(17(11)23)10-16(22)20-13-6-4-5-12(19)9-13/h2-9,11H,10H2,1H3,(H,20,22). The van der Waals surface area contributed by atoms with Gasteiger partial charge in [-0.2, -0.15) is 0 Å². The summed E-state index contributed by atoms with van der Waals surface area (Å²) in [5.41, 5.74) is 1.35. The molecule has 0 aromatic heterocycles. The number of carbonyl (C=O) groups is 3. The van der Waals surface area contributed by atoms with Crippen LogP contribution in [0.2, 0.25) is 0 Å². The number of fused-ring (bicyclic) bond motifs is 1. The molecule has 6 heteroatoms. The molecule has 3 rings (SSSR count). The highest BCUT2D eigenvalue weighted by atomic mass is 19.1. The topological polar surface area (TPSA) is 66.5 Å². The molecule has 1 aliphatic heterocycles. The highest BCUT2D eigenvalue weighted by molar-refractivity contribution is 6.13. The second-order valence-electron chi connectivity index (χ2n) is 5.60. The summed E-state index contributed by atoms with van der Waals surface area (Å²) in [5, 5.41) is 2.48. The van der Waals surface area contributed by atoms with Crippen LogP contribution in [0, 0.1) is 5.82 Å². The monoisotopic (exact) mass is 326 g/mol. The molecule has 1 atom stereocenters. The highest BCUT2D eigenvalue weighted by Gasteiger charge is 2.36. The number of halogens is 1. The quantitative estimate of drug-likeness (QED) is 0.882. The summed E-state index contributed by atoms with van der Waals surface area (Å²) in [4.78, 5) is 37.9. The van der Waals surface area contributed by atoms with Gasteiger partial charge in [0.25, 0.3) is 5.91 Å². The van der Waals surface area contributed by atoms with Gasteiger partial charge in [-0.25, -0.2) is 4.39 Å². The normalized spacial score (nSPS) is 16.8. The summed E-state index contributed by atoms with van der Waals surface area (Å²) in [6.45, 7) is 1.29. The maximum absolute atomic E-state index is 13.1. The van der Waals surface area contributed by atoms with E-state index >= 15 is 0 Å². The van der Waals surface area contributed by atoms with E-state index in [0.717, 1.165) is 11.0 Å². The molecule has 0 aliphatic carbocycles. The summed E-state index contributed by atoms with van der Waals surface area (Å²) in [6.07, 6.45) is 0. The fraction of sp³-hybridized carbons (Fsp3) is 0.167. The van der Waals surface area contributed by atoms with Gasteiger partial charge in [0.1, 0.15) is 12.4 Å². The van der Waals surface area contributed by atoms with Crippen molar-refractivity contribution in [1.29, 1.82) is 0 Å². The molecule has 1 unspecified atom stereocenters. The lowest BCUT2D eigenvalue weighted by Gasteiger charge is -2.30. The predicted molar refractivity (Wildman–Crippen MR) is 85.9 cm³/mol. The molecule has 1 N–H and O–H groups in total. The van der Waals surface area contributed by atoms with Crippen LogP contribution >= 0.6 is 0 Å². The molecular weight excluding hydrogens is 311 g/mol. The Morgan fingerprint density at radius 2 is 1.92 bits per heavy atom. The first kappa shape index (κ1) is 15.9. The SMILES string of the molecule is CC1C(=O)N(CC(=O)Nc2cccc(F)c2)C(=O)c2ccccc21. The van der Waals surface area contributed by atoms with Crippen molar-refractivity contribution in [2.75, 3.05) is 11.9 Å². The van der Waals surface area contributed by atoms with Crippen molar-refractivity contribution < 1.29 is 18.8 Å². The lowest BCUT2D eigenvalue weighted by molar-refractivity contribution is -0.133. The van der Waals surface area contributed by atoms with E-state index in [9.17, 15) is 18.8 Å². The lowest BCUT2D eigenvalue weighted by Crippen LogP contribution is -2.47. The number of rotatable bonds is 3. The number of hydrogen-bond acceptors (Lipinski definition) is 3. The Hall–Kier alpha value is -3.02. The predicted octanol–water partition coefficient (Wildman–Crippen LogP) is 2.55. The molecule has 0 bridgehead atoms. The third-order valence-electron chi connectivity index (χ3n) is 3.95. The van der Waals surface area contributed by atoms with Crippen molar-refractivity contribution in [2.45, 2.75) is 12.8 Å². The van der Waals surface area contributed by atoms with Crippen molar-refractivity contribution in [3.8, 4) is 0 Å². The van der Waals surface area contributed by atoms with Crippen molar-refractivity contribution in [3.63, 3.8) is 0 Å². The van der Waals surface area contributed by atoms with Crippen LogP contribution < -0.4 is 5.32 Å². The maximum atomic E-state index is 13.1. The van der Waals surface area contributed by atoms with Crippen LogP contribution in [0.5, 0.6) is 0 Å². The van der Waals surface area contributed by atoms with Gasteiger partial charge in [-0.05, 0) is 36.8 Å². The van der Waals surface area contributed by atoms with Gasteiger partial charge in [-0.3, -0.25) is 19.3 Å². The Morgan fingerprint density at radius 3 is 2.67 bits per heavy atom. The van der Waals surface area contributed by atoms with E-state index in [1.807, 2.05) is 0 Å². The first-order valence-corrected chi connectivity index (χ1v) is 7.47. The highest BCUT2D eigenvalue weighted by Crippen LogP contribution is 2.28. The number of nitrogens with zero attached hydrogens (tertiary/aromatic N) is 1. The Morgan fingerprint density at radius 1 is 1.17 bits per heavy atom. The minimum absolute atomic E-state index is 0.269. The van der Waals surface area contributed by atoms with Gasteiger partial charge in [0.05, 0.1) is 5.92 Å². The average molecular weight is 326 g/mol. The molecule has 5 nitrogen and oxygen atoms in total.